The fourth-order valence-electron chi connectivity index (χ4n) is 1.99. The summed E-state index contributed by atoms with van der Waals surface area (Å²) in [4.78, 5) is 1.24. The Hall–Kier alpha value is -1.52. The second kappa shape index (κ2) is 6.59. The monoisotopic (exact) mass is 277 g/mol. The summed E-state index contributed by atoms with van der Waals surface area (Å²) in [6.07, 6.45) is 0. The standard InChI is InChI=1S/C15H19NO2S/c1-4-18-12-7-5-11(6-8-12)15(16-2)14-9-13(17-3)10-19-14/h5-10,15-16H,4H2,1-3H3. The van der Waals surface area contributed by atoms with Crippen molar-refractivity contribution in [1.82, 2.24) is 5.32 Å². The summed E-state index contributed by atoms with van der Waals surface area (Å²) in [5.41, 5.74) is 1.22. The highest BCUT2D eigenvalue weighted by Gasteiger charge is 2.14. The van der Waals surface area contributed by atoms with Gasteiger partial charge in [0.1, 0.15) is 11.5 Å². The number of hydrogen-bond donors (Lipinski definition) is 1. The molecule has 1 N–H and O–H groups in total. The molecule has 0 radical (unpaired) electrons. The molecule has 1 aromatic heterocycles. The van der Waals surface area contributed by atoms with Gasteiger partial charge in [0, 0.05) is 10.3 Å². The van der Waals surface area contributed by atoms with Crippen LogP contribution in [0.1, 0.15) is 23.4 Å². The zero-order chi connectivity index (χ0) is 13.7. The van der Waals surface area contributed by atoms with Gasteiger partial charge in [0.25, 0.3) is 0 Å². The normalized spacial score (nSPS) is 12.2. The molecule has 19 heavy (non-hydrogen) atoms. The first kappa shape index (κ1) is 13.9. The van der Waals surface area contributed by atoms with Crippen LogP contribution in [0.4, 0.5) is 0 Å². The van der Waals surface area contributed by atoms with Crippen molar-refractivity contribution in [3.63, 3.8) is 0 Å². The Balaban J connectivity index is 2.21. The largest absolute Gasteiger partial charge is 0.496 e. The Kier molecular flexibility index (Phi) is 4.82. The molecule has 1 unspecified atom stereocenters. The number of thiophene rings is 1. The topological polar surface area (TPSA) is 30.5 Å². The molecule has 0 fully saturated rings. The summed E-state index contributed by atoms with van der Waals surface area (Å²) in [7, 11) is 3.66. The number of methoxy groups -OCH3 is 1. The van der Waals surface area contributed by atoms with Crippen LogP contribution < -0.4 is 14.8 Å². The lowest BCUT2D eigenvalue weighted by atomic mass is 10.1. The predicted octanol–water partition coefficient (Wildman–Crippen LogP) is 3.46. The van der Waals surface area contributed by atoms with E-state index in [1.807, 2.05) is 31.5 Å². The minimum atomic E-state index is 0.185. The SMILES string of the molecule is CCOc1ccc(C(NC)c2cc(OC)cs2)cc1. The summed E-state index contributed by atoms with van der Waals surface area (Å²) in [5.74, 6) is 1.82. The van der Waals surface area contributed by atoms with Crippen LogP contribution in [0.15, 0.2) is 35.7 Å². The van der Waals surface area contributed by atoms with Crippen molar-refractivity contribution in [2.24, 2.45) is 0 Å². The minimum Gasteiger partial charge on any atom is -0.496 e. The van der Waals surface area contributed by atoms with E-state index in [1.165, 1.54) is 10.4 Å². The molecule has 0 aliphatic carbocycles. The van der Waals surface area contributed by atoms with Gasteiger partial charge in [-0.3, -0.25) is 0 Å². The summed E-state index contributed by atoms with van der Waals surface area (Å²) in [6.45, 7) is 2.68. The fraction of sp³-hybridized carbons (Fsp3) is 0.333. The molecule has 102 valence electrons. The van der Waals surface area contributed by atoms with Crippen LogP contribution in [0.25, 0.3) is 0 Å². The lowest BCUT2D eigenvalue weighted by Crippen LogP contribution is -2.16. The Bertz CT molecular complexity index is 507. The van der Waals surface area contributed by atoms with E-state index in [0.717, 1.165) is 11.5 Å². The van der Waals surface area contributed by atoms with Gasteiger partial charge in [0.05, 0.1) is 19.8 Å². The number of ether oxygens (including phenoxy) is 2. The maximum absolute atomic E-state index is 5.46. The zero-order valence-corrected chi connectivity index (χ0v) is 12.3. The highest BCUT2D eigenvalue weighted by atomic mass is 32.1. The molecule has 1 aromatic carbocycles. The van der Waals surface area contributed by atoms with Gasteiger partial charge < -0.3 is 14.8 Å². The first-order valence-corrected chi connectivity index (χ1v) is 7.19. The maximum Gasteiger partial charge on any atom is 0.129 e. The molecule has 2 aromatic rings. The molecule has 4 heteroatoms. The minimum absolute atomic E-state index is 0.185. The van der Waals surface area contributed by atoms with E-state index in [9.17, 15) is 0 Å². The lowest BCUT2D eigenvalue weighted by molar-refractivity contribution is 0.340. The summed E-state index contributed by atoms with van der Waals surface area (Å²) in [5, 5.41) is 5.36. The third kappa shape index (κ3) is 3.28. The van der Waals surface area contributed by atoms with Crippen LogP contribution in [0.2, 0.25) is 0 Å². The smallest absolute Gasteiger partial charge is 0.129 e. The van der Waals surface area contributed by atoms with Crippen molar-refractivity contribution in [2.75, 3.05) is 20.8 Å². The Morgan fingerprint density at radius 3 is 2.47 bits per heavy atom. The van der Waals surface area contributed by atoms with E-state index in [-0.39, 0.29) is 6.04 Å². The molecule has 1 heterocycles. The second-order valence-electron chi connectivity index (χ2n) is 4.11. The van der Waals surface area contributed by atoms with Crippen LogP contribution in [-0.2, 0) is 0 Å². The van der Waals surface area contributed by atoms with Gasteiger partial charge in [-0.1, -0.05) is 12.1 Å². The number of benzene rings is 1. The predicted molar refractivity (Wildman–Crippen MR) is 79.4 cm³/mol. The van der Waals surface area contributed by atoms with E-state index < -0.39 is 0 Å². The van der Waals surface area contributed by atoms with Crippen molar-refractivity contribution >= 4 is 11.3 Å². The molecular formula is C15H19NO2S. The van der Waals surface area contributed by atoms with E-state index >= 15 is 0 Å². The van der Waals surface area contributed by atoms with Crippen LogP contribution in [0.3, 0.4) is 0 Å². The fourth-order valence-corrected chi connectivity index (χ4v) is 2.98. The van der Waals surface area contributed by atoms with E-state index in [2.05, 4.69) is 23.5 Å². The average Bonchev–Trinajstić information content (AvgIpc) is 2.91. The molecule has 0 aliphatic rings. The van der Waals surface area contributed by atoms with Crippen LogP contribution in [0.5, 0.6) is 11.5 Å². The van der Waals surface area contributed by atoms with Crippen molar-refractivity contribution in [3.05, 3.63) is 46.2 Å². The number of hydrogen-bond acceptors (Lipinski definition) is 4. The molecule has 1 atom stereocenters. The molecule has 0 aliphatic heterocycles. The van der Waals surface area contributed by atoms with Crippen LogP contribution in [-0.4, -0.2) is 20.8 Å². The van der Waals surface area contributed by atoms with Gasteiger partial charge in [0.2, 0.25) is 0 Å². The van der Waals surface area contributed by atoms with E-state index in [4.69, 9.17) is 9.47 Å². The molecule has 0 saturated carbocycles. The van der Waals surface area contributed by atoms with Crippen molar-refractivity contribution < 1.29 is 9.47 Å². The number of rotatable bonds is 6. The first-order valence-electron chi connectivity index (χ1n) is 6.31. The van der Waals surface area contributed by atoms with Gasteiger partial charge in [0.15, 0.2) is 0 Å². The number of nitrogens with one attached hydrogen (secondary N) is 1. The van der Waals surface area contributed by atoms with Gasteiger partial charge >= 0.3 is 0 Å². The molecule has 0 bridgehead atoms. The average molecular weight is 277 g/mol. The Morgan fingerprint density at radius 1 is 1.21 bits per heavy atom. The molecule has 0 saturated heterocycles. The Morgan fingerprint density at radius 2 is 1.95 bits per heavy atom. The van der Waals surface area contributed by atoms with E-state index in [0.29, 0.717) is 6.61 Å². The summed E-state index contributed by atoms with van der Waals surface area (Å²) in [6, 6.07) is 10.5. The van der Waals surface area contributed by atoms with Gasteiger partial charge in [-0.25, -0.2) is 0 Å². The third-order valence-corrected chi connectivity index (χ3v) is 3.90. The van der Waals surface area contributed by atoms with Gasteiger partial charge in [-0.2, -0.15) is 0 Å². The molecule has 3 nitrogen and oxygen atoms in total. The summed E-state index contributed by atoms with van der Waals surface area (Å²) >= 11 is 1.70. The van der Waals surface area contributed by atoms with Crippen molar-refractivity contribution in [3.8, 4) is 11.5 Å². The summed E-state index contributed by atoms with van der Waals surface area (Å²) < 4.78 is 10.7. The molecule has 2 rings (SSSR count). The van der Waals surface area contributed by atoms with Crippen molar-refractivity contribution in [2.45, 2.75) is 13.0 Å². The zero-order valence-electron chi connectivity index (χ0n) is 11.5. The van der Waals surface area contributed by atoms with E-state index in [1.54, 1.807) is 18.4 Å². The van der Waals surface area contributed by atoms with Crippen molar-refractivity contribution in [1.29, 1.82) is 0 Å². The highest BCUT2D eigenvalue weighted by Crippen LogP contribution is 2.31. The Labute approximate surface area is 118 Å². The van der Waals surface area contributed by atoms with Gasteiger partial charge in [-0.05, 0) is 37.7 Å². The third-order valence-electron chi connectivity index (χ3n) is 2.93. The highest BCUT2D eigenvalue weighted by molar-refractivity contribution is 7.10. The lowest BCUT2D eigenvalue weighted by Gasteiger charge is -2.15. The quantitative estimate of drug-likeness (QED) is 0.877. The van der Waals surface area contributed by atoms with Crippen LogP contribution in [0, 0.1) is 0 Å². The molecular weight excluding hydrogens is 258 g/mol. The van der Waals surface area contributed by atoms with Crippen LogP contribution >= 0.6 is 11.3 Å². The second-order valence-corrected chi connectivity index (χ2v) is 5.06. The maximum atomic E-state index is 5.46. The first-order chi connectivity index (χ1) is 9.28. The van der Waals surface area contributed by atoms with Gasteiger partial charge in [-0.15, -0.1) is 11.3 Å². The molecule has 0 amide bonds. The molecule has 0 spiro atoms.